The van der Waals surface area contributed by atoms with Crippen molar-refractivity contribution in [3.8, 4) is 0 Å². The second-order valence-electron chi connectivity index (χ2n) is 4.33. The number of likely N-dealkylation sites (tertiary alicyclic amines) is 1. The lowest BCUT2D eigenvalue weighted by Crippen LogP contribution is -2.29. The van der Waals surface area contributed by atoms with Crippen molar-refractivity contribution < 1.29 is 14.3 Å². The number of piperidine rings is 1. The van der Waals surface area contributed by atoms with Crippen LogP contribution in [0.4, 0.5) is 0 Å². The van der Waals surface area contributed by atoms with Gasteiger partial charge in [-0.3, -0.25) is 4.79 Å². The van der Waals surface area contributed by atoms with E-state index in [1.807, 2.05) is 17.0 Å². The normalized spacial score (nSPS) is 33.3. The first-order valence-electron chi connectivity index (χ1n) is 5.23. The van der Waals surface area contributed by atoms with Gasteiger partial charge in [0.1, 0.15) is 5.76 Å². The Labute approximate surface area is 87.5 Å². The zero-order valence-electron chi connectivity index (χ0n) is 8.30. The second-order valence-corrected chi connectivity index (χ2v) is 4.33. The van der Waals surface area contributed by atoms with Crippen LogP contribution in [-0.2, 0) is 11.3 Å². The van der Waals surface area contributed by atoms with E-state index in [2.05, 4.69) is 0 Å². The molecule has 2 heterocycles. The van der Waals surface area contributed by atoms with Crippen molar-refractivity contribution in [3.63, 3.8) is 0 Å². The summed E-state index contributed by atoms with van der Waals surface area (Å²) in [5, 5.41) is 8.98. The van der Waals surface area contributed by atoms with Gasteiger partial charge in [-0.1, -0.05) is 0 Å². The average molecular weight is 207 g/mol. The van der Waals surface area contributed by atoms with Gasteiger partial charge in [0.05, 0.1) is 12.8 Å². The predicted octanol–water partition coefficient (Wildman–Crippen LogP) is 0.476. The van der Waals surface area contributed by atoms with Crippen molar-refractivity contribution in [2.75, 3.05) is 13.2 Å². The van der Waals surface area contributed by atoms with Crippen molar-refractivity contribution in [1.82, 2.24) is 4.90 Å². The third-order valence-electron chi connectivity index (χ3n) is 3.50. The van der Waals surface area contributed by atoms with E-state index in [1.54, 1.807) is 6.26 Å². The van der Waals surface area contributed by atoms with E-state index in [0.29, 0.717) is 12.5 Å². The number of amides is 1. The smallest absolute Gasteiger partial charge is 0.226 e. The first-order valence-corrected chi connectivity index (χ1v) is 5.23. The van der Waals surface area contributed by atoms with E-state index in [9.17, 15) is 4.79 Å². The fourth-order valence-electron chi connectivity index (χ4n) is 2.60. The average Bonchev–Trinajstić information content (AvgIpc) is 2.59. The Hall–Kier alpha value is -1.29. The molecule has 1 aliphatic heterocycles. The molecule has 0 spiro atoms. The van der Waals surface area contributed by atoms with E-state index in [4.69, 9.17) is 9.52 Å². The molecular weight excluding hydrogens is 194 g/mol. The first kappa shape index (κ1) is 8.97. The van der Waals surface area contributed by atoms with Crippen LogP contribution in [0.15, 0.2) is 22.8 Å². The van der Waals surface area contributed by atoms with Gasteiger partial charge >= 0.3 is 0 Å². The molecule has 1 amide bonds. The number of fused-ring (bicyclic) bond motifs is 1. The number of rotatable bonds is 3. The van der Waals surface area contributed by atoms with Gasteiger partial charge in [0.25, 0.3) is 0 Å². The summed E-state index contributed by atoms with van der Waals surface area (Å²) in [5.41, 5.74) is 0. The highest BCUT2D eigenvalue weighted by Gasteiger charge is 2.60. The van der Waals surface area contributed by atoms with Gasteiger partial charge in [-0.25, -0.2) is 0 Å². The zero-order chi connectivity index (χ0) is 10.4. The van der Waals surface area contributed by atoms with Crippen molar-refractivity contribution >= 4 is 5.91 Å². The molecule has 0 radical (unpaired) electrons. The molecule has 15 heavy (non-hydrogen) atoms. The molecule has 2 aliphatic rings. The van der Waals surface area contributed by atoms with E-state index in [-0.39, 0.29) is 24.3 Å². The van der Waals surface area contributed by atoms with Gasteiger partial charge in [0.15, 0.2) is 0 Å². The molecule has 4 heteroatoms. The minimum Gasteiger partial charge on any atom is -0.467 e. The van der Waals surface area contributed by atoms with Gasteiger partial charge < -0.3 is 14.4 Å². The fraction of sp³-hybridized carbons (Fsp3) is 0.545. The van der Waals surface area contributed by atoms with Crippen molar-refractivity contribution in [1.29, 1.82) is 0 Å². The standard InChI is InChI=1S/C11H13NO3/c13-6-9-8-5-12(11(14)10(8)9)4-7-2-1-3-15-7/h1-3,8-10,13H,4-6H2. The molecule has 4 nitrogen and oxygen atoms in total. The molecule has 1 saturated carbocycles. The Bertz CT molecular complexity index is 373. The summed E-state index contributed by atoms with van der Waals surface area (Å²) in [6.45, 7) is 1.49. The lowest BCUT2D eigenvalue weighted by Gasteiger charge is -2.17. The summed E-state index contributed by atoms with van der Waals surface area (Å²) < 4.78 is 5.20. The van der Waals surface area contributed by atoms with Crippen LogP contribution in [0.1, 0.15) is 5.76 Å². The van der Waals surface area contributed by atoms with E-state index < -0.39 is 0 Å². The SMILES string of the molecule is O=C1C2C(CO)C2CN1Cc1ccco1. The van der Waals surface area contributed by atoms with Gasteiger partial charge in [-0.15, -0.1) is 0 Å². The molecule has 80 valence electrons. The highest BCUT2D eigenvalue weighted by atomic mass is 16.3. The number of carbonyl (C=O) groups excluding carboxylic acids is 1. The van der Waals surface area contributed by atoms with Gasteiger partial charge in [0.2, 0.25) is 5.91 Å². The largest absolute Gasteiger partial charge is 0.467 e. The zero-order valence-corrected chi connectivity index (χ0v) is 8.30. The first-order chi connectivity index (χ1) is 7.31. The number of carbonyl (C=O) groups is 1. The topological polar surface area (TPSA) is 53.7 Å². The fourth-order valence-corrected chi connectivity index (χ4v) is 2.60. The number of aliphatic hydroxyl groups is 1. The Morgan fingerprint density at radius 3 is 3.00 bits per heavy atom. The van der Waals surface area contributed by atoms with Crippen LogP contribution in [-0.4, -0.2) is 29.1 Å². The van der Waals surface area contributed by atoms with Crippen molar-refractivity contribution in [3.05, 3.63) is 24.2 Å². The summed E-state index contributed by atoms with van der Waals surface area (Å²) in [6, 6.07) is 3.70. The number of hydrogen-bond donors (Lipinski definition) is 1. The van der Waals surface area contributed by atoms with Crippen LogP contribution in [0.25, 0.3) is 0 Å². The molecule has 0 bridgehead atoms. The van der Waals surface area contributed by atoms with Crippen molar-refractivity contribution in [2.24, 2.45) is 17.8 Å². The van der Waals surface area contributed by atoms with Gasteiger partial charge in [-0.2, -0.15) is 0 Å². The molecule has 1 aromatic rings. The minimum absolute atomic E-state index is 0.0879. The maximum absolute atomic E-state index is 11.8. The van der Waals surface area contributed by atoms with Gasteiger partial charge in [0, 0.05) is 19.1 Å². The minimum atomic E-state index is 0.0879. The molecular formula is C11H13NO3. The summed E-state index contributed by atoms with van der Waals surface area (Å²) in [6.07, 6.45) is 1.62. The molecule has 1 aliphatic carbocycles. The molecule has 3 atom stereocenters. The predicted molar refractivity (Wildman–Crippen MR) is 51.7 cm³/mol. The maximum Gasteiger partial charge on any atom is 0.226 e. The molecule has 1 saturated heterocycles. The van der Waals surface area contributed by atoms with E-state index in [0.717, 1.165) is 12.3 Å². The highest BCUT2D eigenvalue weighted by Crippen LogP contribution is 2.52. The summed E-state index contributed by atoms with van der Waals surface area (Å²) in [5.74, 6) is 1.70. The van der Waals surface area contributed by atoms with Crippen molar-refractivity contribution in [2.45, 2.75) is 6.54 Å². The third kappa shape index (κ3) is 1.28. The molecule has 1 N–H and O–H groups in total. The number of furan rings is 1. The number of aliphatic hydroxyl groups excluding tert-OH is 1. The lowest BCUT2D eigenvalue weighted by atomic mass is 10.2. The van der Waals surface area contributed by atoms with Crippen LogP contribution in [0.5, 0.6) is 0 Å². The summed E-state index contributed by atoms with van der Waals surface area (Å²) in [7, 11) is 0. The molecule has 0 aromatic carbocycles. The van der Waals surface area contributed by atoms with Crippen LogP contribution in [0.3, 0.4) is 0 Å². The Morgan fingerprint density at radius 2 is 2.47 bits per heavy atom. The Kier molecular flexibility index (Phi) is 1.85. The quantitative estimate of drug-likeness (QED) is 0.784. The summed E-state index contributed by atoms with van der Waals surface area (Å²) in [4.78, 5) is 13.6. The molecule has 3 rings (SSSR count). The monoisotopic (exact) mass is 207 g/mol. The highest BCUT2D eigenvalue weighted by molar-refractivity contribution is 5.85. The van der Waals surface area contributed by atoms with Crippen LogP contribution < -0.4 is 0 Å². The molecule has 1 aromatic heterocycles. The molecule has 3 unspecified atom stereocenters. The lowest BCUT2D eigenvalue weighted by molar-refractivity contribution is -0.131. The van der Waals surface area contributed by atoms with Crippen LogP contribution >= 0.6 is 0 Å². The number of nitrogens with zero attached hydrogens (tertiary/aromatic N) is 1. The van der Waals surface area contributed by atoms with E-state index in [1.165, 1.54) is 0 Å². The molecule has 2 fully saturated rings. The summed E-state index contributed by atoms with van der Waals surface area (Å²) >= 11 is 0. The third-order valence-corrected chi connectivity index (χ3v) is 3.50. The second kappa shape index (κ2) is 3.10. The van der Waals surface area contributed by atoms with E-state index >= 15 is 0 Å². The van der Waals surface area contributed by atoms with Gasteiger partial charge in [-0.05, 0) is 24.0 Å². The van der Waals surface area contributed by atoms with Crippen LogP contribution in [0.2, 0.25) is 0 Å². The van der Waals surface area contributed by atoms with Crippen LogP contribution in [0, 0.1) is 17.8 Å². The maximum atomic E-state index is 11.8. The Morgan fingerprint density at radius 1 is 1.60 bits per heavy atom. The Balaban J connectivity index is 1.65. The number of hydrogen-bond acceptors (Lipinski definition) is 3.